The van der Waals surface area contributed by atoms with Gasteiger partial charge in [-0.2, -0.15) is 4.72 Å². The Labute approximate surface area is 165 Å². The minimum absolute atomic E-state index is 0.0367. The number of carbonyl (C=O) groups excluding carboxylic acids is 2. The van der Waals surface area contributed by atoms with Crippen LogP contribution in [0.5, 0.6) is 0 Å². The van der Waals surface area contributed by atoms with Crippen molar-refractivity contribution < 1.29 is 32.2 Å². The Balaban J connectivity index is 2.97. The molecule has 156 valence electrons. The van der Waals surface area contributed by atoms with E-state index in [1.807, 2.05) is 6.92 Å². The van der Waals surface area contributed by atoms with Crippen LogP contribution in [0.1, 0.15) is 25.3 Å². The second-order valence-corrected chi connectivity index (χ2v) is 7.77. The molecule has 8 nitrogen and oxygen atoms in total. The third kappa shape index (κ3) is 6.74. The van der Waals surface area contributed by atoms with Gasteiger partial charge >= 0.3 is 11.9 Å². The van der Waals surface area contributed by atoms with E-state index in [0.29, 0.717) is 0 Å². The van der Waals surface area contributed by atoms with Crippen LogP contribution in [0.4, 0.5) is 0 Å². The Morgan fingerprint density at radius 2 is 1.75 bits per heavy atom. The molecule has 0 aromatic heterocycles. The van der Waals surface area contributed by atoms with Crippen LogP contribution in [-0.2, 0) is 33.8 Å². The van der Waals surface area contributed by atoms with Gasteiger partial charge in [-0.25, -0.2) is 13.2 Å². The molecule has 0 spiro atoms. The summed E-state index contributed by atoms with van der Waals surface area (Å²) < 4.78 is 42.4. The minimum atomic E-state index is -3.94. The Morgan fingerprint density at radius 1 is 1.14 bits per heavy atom. The van der Waals surface area contributed by atoms with Gasteiger partial charge in [0.1, 0.15) is 6.04 Å². The fraction of sp³-hybridized carbons (Fsp3) is 0.474. The normalized spacial score (nSPS) is 13.4. The molecule has 1 N–H and O–H groups in total. The van der Waals surface area contributed by atoms with Gasteiger partial charge in [0, 0.05) is 7.11 Å². The number of aryl methyl sites for hydroxylation is 1. The summed E-state index contributed by atoms with van der Waals surface area (Å²) in [7, 11) is -1.34. The van der Waals surface area contributed by atoms with E-state index in [9.17, 15) is 18.0 Å². The number of sulfonamides is 1. The third-order valence-corrected chi connectivity index (χ3v) is 5.53. The molecule has 0 fully saturated rings. The van der Waals surface area contributed by atoms with Crippen LogP contribution in [0.25, 0.3) is 0 Å². The van der Waals surface area contributed by atoms with Crippen molar-refractivity contribution in [3.8, 4) is 0 Å². The van der Waals surface area contributed by atoms with Crippen molar-refractivity contribution in [2.24, 2.45) is 0 Å². The standard InChI is InChI=1S/C19H27NO7S/c1-6-27-19(22)16(11-12-17(25-4)14(3)18(21)26-5)20-28(23,24)15-9-7-13(2)8-10-15/h7-10,16-17,20H,3,6,11-12H2,1-2,4-5H3. The Bertz CT molecular complexity index is 787. The summed E-state index contributed by atoms with van der Waals surface area (Å²) in [6.45, 7) is 7.20. The summed E-state index contributed by atoms with van der Waals surface area (Å²) in [5.41, 5.74) is 0.985. The maximum atomic E-state index is 12.6. The number of carbonyl (C=O) groups is 2. The molecule has 2 unspecified atom stereocenters. The van der Waals surface area contributed by atoms with E-state index in [2.05, 4.69) is 16.0 Å². The van der Waals surface area contributed by atoms with Gasteiger partial charge in [0.05, 0.1) is 30.3 Å². The molecule has 0 radical (unpaired) electrons. The lowest BCUT2D eigenvalue weighted by Gasteiger charge is -2.21. The molecule has 0 saturated heterocycles. The average Bonchev–Trinajstić information content (AvgIpc) is 2.67. The van der Waals surface area contributed by atoms with Crippen LogP contribution in [0.15, 0.2) is 41.3 Å². The number of rotatable bonds is 11. The van der Waals surface area contributed by atoms with Crippen molar-refractivity contribution in [2.75, 3.05) is 20.8 Å². The first kappa shape index (κ1) is 23.8. The van der Waals surface area contributed by atoms with Crippen molar-refractivity contribution in [2.45, 2.75) is 43.7 Å². The minimum Gasteiger partial charge on any atom is -0.466 e. The zero-order valence-corrected chi connectivity index (χ0v) is 17.4. The summed E-state index contributed by atoms with van der Waals surface area (Å²) in [6, 6.07) is 5.09. The second kappa shape index (κ2) is 10.9. The summed E-state index contributed by atoms with van der Waals surface area (Å²) in [6.07, 6.45) is -0.531. The predicted molar refractivity (Wildman–Crippen MR) is 103 cm³/mol. The lowest BCUT2D eigenvalue weighted by Crippen LogP contribution is -2.42. The van der Waals surface area contributed by atoms with E-state index >= 15 is 0 Å². The van der Waals surface area contributed by atoms with Gasteiger partial charge < -0.3 is 14.2 Å². The molecule has 1 aromatic rings. The number of ether oxygens (including phenoxy) is 3. The zero-order chi connectivity index (χ0) is 21.3. The highest BCUT2D eigenvalue weighted by Gasteiger charge is 2.29. The van der Waals surface area contributed by atoms with E-state index in [-0.39, 0.29) is 29.9 Å². The lowest BCUT2D eigenvalue weighted by atomic mass is 10.0. The van der Waals surface area contributed by atoms with E-state index in [0.717, 1.165) is 5.56 Å². The second-order valence-electron chi connectivity index (χ2n) is 6.06. The van der Waals surface area contributed by atoms with Crippen molar-refractivity contribution in [1.82, 2.24) is 4.72 Å². The van der Waals surface area contributed by atoms with Crippen LogP contribution in [-0.4, -0.2) is 53.3 Å². The van der Waals surface area contributed by atoms with Crippen molar-refractivity contribution in [3.63, 3.8) is 0 Å². The lowest BCUT2D eigenvalue weighted by molar-refractivity contribution is -0.145. The van der Waals surface area contributed by atoms with Crippen LogP contribution < -0.4 is 4.72 Å². The molecule has 2 atom stereocenters. The van der Waals surface area contributed by atoms with E-state index < -0.39 is 34.1 Å². The summed E-state index contributed by atoms with van der Waals surface area (Å²) >= 11 is 0. The quantitative estimate of drug-likeness (QED) is 0.435. The van der Waals surface area contributed by atoms with Gasteiger partial charge in [-0.15, -0.1) is 0 Å². The van der Waals surface area contributed by atoms with Gasteiger partial charge in [-0.05, 0) is 38.8 Å². The van der Waals surface area contributed by atoms with E-state index in [4.69, 9.17) is 9.47 Å². The maximum Gasteiger partial charge on any atom is 0.335 e. The van der Waals surface area contributed by atoms with Crippen molar-refractivity contribution in [1.29, 1.82) is 0 Å². The van der Waals surface area contributed by atoms with Crippen LogP contribution in [0, 0.1) is 6.92 Å². The highest BCUT2D eigenvalue weighted by atomic mass is 32.2. The molecule has 28 heavy (non-hydrogen) atoms. The Morgan fingerprint density at radius 3 is 2.25 bits per heavy atom. The highest BCUT2D eigenvalue weighted by Crippen LogP contribution is 2.17. The smallest absolute Gasteiger partial charge is 0.335 e. The number of esters is 2. The van der Waals surface area contributed by atoms with Gasteiger partial charge in [0.15, 0.2) is 0 Å². The van der Waals surface area contributed by atoms with Gasteiger partial charge in [-0.3, -0.25) is 4.79 Å². The number of hydrogen-bond donors (Lipinski definition) is 1. The molecule has 0 bridgehead atoms. The third-order valence-electron chi connectivity index (χ3n) is 4.04. The first-order valence-corrected chi connectivity index (χ1v) is 10.2. The predicted octanol–water partition coefficient (Wildman–Crippen LogP) is 1.73. The van der Waals surface area contributed by atoms with Crippen LogP contribution >= 0.6 is 0 Å². The molecule has 9 heteroatoms. The molecule has 0 aliphatic heterocycles. The topological polar surface area (TPSA) is 108 Å². The largest absolute Gasteiger partial charge is 0.466 e. The highest BCUT2D eigenvalue weighted by molar-refractivity contribution is 7.89. The molecule has 0 aliphatic carbocycles. The van der Waals surface area contributed by atoms with Crippen molar-refractivity contribution in [3.05, 3.63) is 42.0 Å². The molecule has 0 heterocycles. The molecule has 0 aliphatic rings. The SMILES string of the molecule is C=C(C(=O)OC)C(CCC(NS(=O)(=O)c1ccc(C)cc1)C(=O)OCC)OC. The van der Waals surface area contributed by atoms with Gasteiger partial charge in [0.2, 0.25) is 10.0 Å². The molecule has 0 amide bonds. The average molecular weight is 413 g/mol. The Hall–Kier alpha value is -2.23. The maximum absolute atomic E-state index is 12.6. The Kier molecular flexibility index (Phi) is 9.30. The summed E-state index contributed by atoms with van der Waals surface area (Å²) in [5, 5.41) is 0. The first-order valence-electron chi connectivity index (χ1n) is 8.71. The molecule has 1 rings (SSSR count). The molecule has 0 saturated carbocycles. The van der Waals surface area contributed by atoms with E-state index in [1.54, 1.807) is 19.1 Å². The first-order chi connectivity index (χ1) is 13.2. The number of nitrogens with one attached hydrogen (secondary N) is 1. The van der Waals surface area contributed by atoms with Crippen LogP contribution in [0.3, 0.4) is 0 Å². The number of benzene rings is 1. The fourth-order valence-electron chi connectivity index (χ4n) is 2.46. The van der Waals surface area contributed by atoms with Gasteiger partial charge in [-0.1, -0.05) is 24.3 Å². The fourth-order valence-corrected chi connectivity index (χ4v) is 3.67. The molecular weight excluding hydrogens is 386 g/mol. The molecule has 1 aromatic carbocycles. The van der Waals surface area contributed by atoms with Crippen LogP contribution in [0.2, 0.25) is 0 Å². The zero-order valence-electron chi connectivity index (χ0n) is 16.6. The summed E-state index contributed by atoms with van der Waals surface area (Å²) in [4.78, 5) is 23.9. The summed E-state index contributed by atoms with van der Waals surface area (Å²) in [5.74, 6) is -1.35. The van der Waals surface area contributed by atoms with Gasteiger partial charge in [0.25, 0.3) is 0 Å². The number of methoxy groups -OCH3 is 2. The van der Waals surface area contributed by atoms with E-state index in [1.165, 1.54) is 26.4 Å². The van der Waals surface area contributed by atoms with Crippen molar-refractivity contribution >= 4 is 22.0 Å². The number of hydrogen-bond acceptors (Lipinski definition) is 7. The molecular formula is C19H27NO7S. The monoisotopic (exact) mass is 413 g/mol.